The Morgan fingerprint density at radius 2 is 1.84 bits per heavy atom. The molecule has 0 radical (unpaired) electrons. The molecule has 1 fully saturated rings. The Balaban J connectivity index is 1.47. The number of nitrogens with two attached hydrogens (primary N) is 1. The normalized spacial score (nSPS) is 18.6. The van der Waals surface area contributed by atoms with Gasteiger partial charge in [0, 0.05) is 29.9 Å². The van der Waals surface area contributed by atoms with Crippen LogP contribution in [0.4, 0.5) is 0 Å². The van der Waals surface area contributed by atoms with E-state index in [1.807, 2.05) is 73.7 Å². The molecular weight excluding hydrogens is 542 g/mol. The minimum Gasteiger partial charge on any atom is -0.395 e. The molecule has 228 valence electrons. The molecule has 2 heterocycles. The van der Waals surface area contributed by atoms with Gasteiger partial charge in [0.05, 0.1) is 31.4 Å². The predicted octanol–water partition coefficient (Wildman–Crippen LogP) is 3.67. The van der Waals surface area contributed by atoms with E-state index in [9.17, 15) is 14.7 Å². The molecule has 0 saturated carbocycles. The van der Waals surface area contributed by atoms with Crippen LogP contribution in [0.3, 0.4) is 0 Å². The monoisotopic (exact) mass is 585 g/mol. The van der Waals surface area contributed by atoms with Crippen molar-refractivity contribution < 1.29 is 19.4 Å². The van der Waals surface area contributed by atoms with Crippen LogP contribution in [-0.4, -0.2) is 69.2 Å². The number of rotatable bonds is 13. The van der Waals surface area contributed by atoms with Crippen LogP contribution >= 0.6 is 0 Å². The van der Waals surface area contributed by atoms with Crippen LogP contribution in [0.2, 0.25) is 0 Å². The molecule has 4 rings (SSSR count). The Morgan fingerprint density at radius 3 is 2.53 bits per heavy atom. The molecule has 1 aliphatic heterocycles. The van der Waals surface area contributed by atoms with Crippen LogP contribution in [0.25, 0.3) is 11.4 Å². The van der Waals surface area contributed by atoms with Gasteiger partial charge < -0.3 is 25.8 Å². The highest BCUT2D eigenvalue weighted by Crippen LogP contribution is 2.28. The Hall–Kier alpha value is -3.92. The van der Waals surface area contributed by atoms with Crippen LogP contribution in [0.5, 0.6) is 0 Å². The summed E-state index contributed by atoms with van der Waals surface area (Å²) in [5.74, 6) is 0.0390. The summed E-state index contributed by atoms with van der Waals surface area (Å²) < 4.78 is 6.06. The standard InChI is InChI=1S/C34H43N5O4/c1-24(35)32(41)38-30(25(2)43-22-26-10-5-4-6-11-26)33(42)39-19-8-14-29(39)15-16-34(3,23-40)21-27-12-7-13-28(20-27)31-36-17-9-18-37-31/h4-7,9-13,15-18,20,24-25,29-30,40H,8,14,19,21-23,35H2,1-3H3,(H,38,41)/t24-,25?,29-,30-,34-/m0/s1. The molecule has 1 unspecified atom stereocenters. The lowest BCUT2D eigenvalue weighted by atomic mass is 9.83. The van der Waals surface area contributed by atoms with Crippen LogP contribution in [-0.2, 0) is 27.4 Å². The molecule has 1 aromatic heterocycles. The fourth-order valence-corrected chi connectivity index (χ4v) is 5.25. The molecule has 1 aliphatic rings. The third kappa shape index (κ3) is 8.79. The molecule has 5 atom stereocenters. The van der Waals surface area contributed by atoms with E-state index < -0.39 is 29.5 Å². The molecule has 9 heteroatoms. The number of hydrogen-bond donors (Lipinski definition) is 3. The maximum Gasteiger partial charge on any atom is 0.248 e. The lowest BCUT2D eigenvalue weighted by Gasteiger charge is -2.32. The van der Waals surface area contributed by atoms with Gasteiger partial charge in [-0.25, -0.2) is 9.97 Å². The van der Waals surface area contributed by atoms with Crippen molar-refractivity contribution in [3.8, 4) is 11.4 Å². The van der Waals surface area contributed by atoms with E-state index in [1.165, 1.54) is 0 Å². The SMILES string of the molecule is CC(OCc1ccccc1)[C@H](NC(=O)[C@H](C)N)C(=O)N1CCC[C@H]1C=C[C@](C)(CO)Cc1cccc(-c2ncccn2)c1. The lowest BCUT2D eigenvalue weighted by Crippen LogP contribution is -2.57. The van der Waals surface area contributed by atoms with Gasteiger partial charge >= 0.3 is 0 Å². The lowest BCUT2D eigenvalue weighted by molar-refractivity contribution is -0.141. The van der Waals surface area contributed by atoms with Crippen LogP contribution in [0, 0.1) is 5.41 Å². The minimum atomic E-state index is -0.886. The summed E-state index contributed by atoms with van der Waals surface area (Å²) in [6.07, 6.45) is 9.11. The number of carbonyl (C=O) groups excluding carboxylic acids is 2. The van der Waals surface area contributed by atoms with Gasteiger partial charge in [-0.2, -0.15) is 0 Å². The largest absolute Gasteiger partial charge is 0.395 e. The Morgan fingerprint density at radius 1 is 1.12 bits per heavy atom. The molecular formula is C34H43N5O4. The molecule has 43 heavy (non-hydrogen) atoms. The number of aliphatic hydroxyl groups is 1. The van der Waals surface area contributed by atoms with E-state index in [0.29, 0.717) is 25.4 Å². The second-order valence-electron chi connectivity index (χ2n) is 11.6. The number of likely N-dealkylation sites (tertiary alicyclic amines) is 1. The van der Waals surface area contributed by atoms with Gasteiger partial charge in [0.2, 0.25) is 11.8 Å². The number of benzene rings is 2. The van der Waals surface area contributed by atoms with E-state index in [2.05, 4.69) is 15.3 Å². The quantitative estimate of drug-likeness (QED) is 0.261. The predicted molar refractivity (Wildman–Crippen MR) is 167 cm³/mol. The molecule has 0 spiro atoms. The fourth-order valence-electron chi connectivity index (χ4n) is 5.25. The highest BCUT2D eigenvalue weighted by molar-refractivity contribution is 5.90. The smallest absolute Gasteiger partial charge is 0.248 e. The molecule has 4 N–H and O–H groups in total. The number of aromatic nitrogens is 2. The van der Waals surface area contributed by atoms with Crippen molar-refractivity contribution in [2.45, 2.75) is 70.9 Å². The summed E-state index contributed by atoms with van der Waals surface area (Å²) in [7, 11) is 0. The number of hydrogen-bond acceptors (Lipinski definition) is 7. The molecule has 0 bridgehead atoms. The van der Waals surface area contributed by atoms with Gasteiger partial charge in [-0.05, 0) is 56.4 Å². The highest BCUT2D eigenvalue weighted by atomic mass is 16.5. The summed E-state index contributed by atoms with van der Waals surface area (Å²) >= 11 is 0. The first kappa shape index (κ1) is 32.0. The van der Waals surface area contributed by atoms with Crippen LogP contribution < -0.4 is 11.1 Å². The van der Waals surface area contributed by atoms with Gasteiger partial charge in [0.15, 0.2) is 5.82 Å². The number of amides is 2. The summed E-state index contributed by atoms with van der Waals surface area (Å²) in [4.78, 5) is 37.0. The van der Waals surface area contributed by atoms with Crippen molar-refractivity contribution >= 4 is 11.8 Å². The zero-order valence-corrected chi connectivity index (χ0v) is 25.2. The van der Waals surface area contributed by atoms with Gasteiger partial charge in [0.1, 0.15) is 6.04 Å². The summed E-state index contributed by atoms with van der Waals surface area (Å²) in [5, 5.41) is 13.2. The van der Waals surface area contributed by atoms with E-state index >= 15 is 0 Å². The minimum absolute atomic E-state index is 0.0618. The van der Waals surface area contributed by atoms with Gasteiger partial charge in [-0.15, -0.1) is 0 Å². The van der Waals surface area contributed by atoms with Crippen LogP contribution in [0.1, 0.15) is 44.7 Å². The van der Waals surface area contributed by atoms with E-state index in [0.717, 1.165) is 29.5 Å². The van der Waals surface area contributed by atoms with E-state index in [4.69, 9.17) is 10.5 Å². The topological polar surface area (TPSA) is 131 Å². The van der Waals surface area contributed by atoms with Gasteiger partial charge in [-0.3, -0.25) is 9.59 Å². The average Bonchev–Trinajstić information content (AvgIpc) is 3.51. The van der Waals surface area contributed by atoms with Crippen molar-refractivity contribution in [3.63, 3.8) is 0 Å². The molecule has 1 saturated heterocycles. The number of carbonyl (C=O) groups is 2. The van der Waals surface area contributed by atoms with Crippen molar-refractivity contribution in [2.75, 3.05) is 13.2 Å². The van der Waals surface area contributed by atoms with Crippen molar-refractivity contribution in [3.05, 3.63) is 96.3 Å². The molecule has 2 aromatic carbocycles. The average molecular weight is 586 g/mol. The van der Waals surface area contributed by atoms with Crippen molar-refractivity contribution in [2.24, 2.45) is 11.1 Å². The first-order valence-electron chi connectivity index (χ1n) is 14.9. The highest BCUT2D eigenvalue weighted by Gasteiger charge is 2.37. The third-order valence-electron chi connectivity index (χ3n) is 7.83. The number of nitrogens with zero attached hydrogens (tertiary/aromatic N) is 3. The Kier molecular flexibility index (Phi) is 11.2. The third-order valence-corrected chi connectivity index (χ3v) is 7.83. The molecule has 2 amide bonds. The van der Waals surface area contributed by atoms with Crippen LogP contribution in [0.15, 0.2) is 85.2 Å². The summed E-state index contributed by atoms with van der Waals surface area (Å²) in [5.41, 5.74) is 8.22. The summed E-state index contributed by atoms with van der Waals surface area (Å²) in [6.45, 7) is 6.21. The maximum atomic E-state index is 13.9. The first-order chi connectivity index (χ1) is 20.7. The number of nitrogens with one attached hydrogen (secondary N) is 1. The van der Waals surface area contributed by atoms with Gasteiger partial charge in [-0.1, -0.05) is 67.6 Å². The summed E-state index contributed by atoms with van der Waals surface area (Å²) in [6, 6.07) is 17.7. The van der Waals surface area contributed by atoms with Gasteiger partial charge in [0.25, 0.3) is 0 Å². The molecule has 9 nitrogen and oxygen atoms in total. The van der Waals surface area contributed by atoms with Crippen molar-refractivity contribution in [1.82, 2.24) is 20.2 Å². The molecule has 3 aromatic rings. The Labute approximate surface area is 254 Å². The Bertz CT molecular complexity index is 1370. The van der Waals surface area contributed by atoms with E-state index in [-0.39, 0.29) is 18.6 Å². The number of aliphatic hydroxyl groups excluding tert-OH is 1. The zero-order chi connectivity index (χ0) is 30.8. The zero-order valence-electron chi connectivity index (χ0n) is 25.2. The fraction of sp³-hybridized carbons (Fsp3) is 0.412. The second kappa shape index (κ2) is 15.0. The first-order valence-corrected chi connectivity index (χ1v) is 14.9. The maximum absolute atomic E-state index is 13.9. The number of ether oxygens (including phenoxy) is 1. The van der Waals surface area contributed by atoms with E-state index in [1.54, 1.807) is 37.2 Å². The molecule has 0 aliphatic carbocycles. The second-order valence-corrected chi connectivity index (χ2v) is 11.6. The van der Waals surface area contributed by atoms with Crippen molar-refractivity contribution in [1.29, 1.82) is 0 Å².